The van der Waals surface area contributed by atoms with Crippen molar-refractivity contribution >= 4 is 12.6 Å². The number of ether oxygens (including phenoxy) is 1. The highest BCUT2D eigenvalue weighted by molar-refractivity contribution is 6.62. The Morgan fingerprint density at radius 2 is 1.62 bits per heavy atom. The molecule has 0 spiro atoms. The van der Waals surface area contributed by atoms with E-state index in [-0.39, 0.29) is 5.88 Å². The van der Waals surface area contributed by atoms with E-state index in [1.54, 1.807) is 6.07 Å². The largest absolute Gasteiger partial charge is 0.495 e. The molecule has 1 fully saturated rings. The molecule has 4 nitrogen and oxygen atoms in total. The van der Waals surface area contributed by atoms with Gasteiger partial charge in [-0.05, 0) is 60.0 Å². The molecule has 1 aromatic heterocycles. The summed E-state index contributed by atoms with van der Waals surface area (Å²) in [6.45, 7) is 13.5. The molecule has 1 aliphatic rings. The lowest BCUT2D eigenvalue weighted by atomic mass is 9.80. The van der Waals surface area contributed by atoms with Gasteiger partial charge in [0, 0.05) is 6.07 Å². The molecule has 1 aliphatic heterocycles. The lowest BCUT2D eigenvalue weighted by Crippen LogP contribution is -2.41. The molecule has 116 valence electrons. The van der Waals surface area contributed by atoms with Crippen LogP contribution in [0, 0.1) is 5.95 Å². The summed E-state index contributed by atoms with van der Waals surface area (Å²) in [6, 6.07) is 2.98. The molecule has 0 aromatic carbocycles. The molecule has 0 saturated carbocycles. The van der Waals surface area contributed by atoms with Crippen LogP contribution in [0.3, 0.4) is 0 Å². The Kier molecular flexibility index (Phi) is 3.83. The van der Waals surface area contributed by atoms with Crippen LogP contribution in [0.5, 0.6) is 5.88 Å². The highest BCUT2D eigenvalue weighted by atomic mass is 19.1. The summed E-state index contributed by atoms with van der Waals surface area (Å²) >= 11 is 0. The summed E-state index contributed by atoms with van der Waals surface area (Å²) in [4.78, 5) is 3.76. The predicted molar refractivity (Wildman–Crippen MR) is 80.3 cm³/mol. The van der Waals surface area contributed by atoms with Gasteiger partial charge in [0.15, 0.2) is 0 Å². The molecule has 2 rings (SSSR count). The molecule has 0 aliphatic carbocycles. The molecule has 0 amide bonds. The first-order valence-electron chi connectivity index (χ1n) is 7.12. The first kappa shape index (κ1) is 16.2. The van der Waals surface area contributed by atoms with Gasteiger partial charge in [-0.1, -0.05) is 0 Å². The van der Waals surface area contributed by atoms with Gasteiger partial charge in [-0.15, -0.1) is 0 Å². The van der Waals surface area contributed by atoms with Crippen molar-refractivity contribution < 1.29 is 18.4 Å². The maximum Gasteiger partial charge on any atom is 0.495 e. The van der Waals surface area contributed by atoms with Crippen molar-refractivity contribution in [3.63, 3.8) is 0 Å². The zero-order valence-corrected chi connectivity index (χ0v) is 13.8. The van der Waals surface area contributed by atoms with Gasteiger partial charge >= 0.3 is 7.12 Å². The van der Waals surface area contributed by atoms with Gasteiger partial charge in [0.25, 0.3) is 0 Å². The smallest absolute Gasteiger partial charge is 0.472 e. The third kappa shape index (κ3) is 3.55. The van der Waals surface area contributed by atoms with Crippen molar-refractivity contribution in [2.45, 2.75) is 65.3 Å². The van der Waals surface area contributed by atoms with Crippen molar-refractivity contribution in [2.24, 2.45) is 0 Å². The van der Waals surface area contributed by atoms with Crippen molar-refractivity contribution in [3.05, 3.63) is 18.1 Å². The van der Waals surface area contributed by atoms with Crippen LogP contribution in [0.2, 0.25) is 0 Å². The molecule has 6 heteroatoms. The number of aromatic nitrogens is 1. The summed E-state index contributed by atoms with van der Waals surface area (Å²) in [5.41, 5.74) is -0.820. The highest BCUT2D eigenvalue weighted by Gasteiger charge is 2.52. The minimum atomic E-state index is -0.630. The molecule has 0 atom stereocenters. The molecule has 1 aromatic rings. The molecule has 2 heterocycles. The molecule has 21 heavy (non-hydrogen) atoms. The molecular weight excluding hydrogens is 272 g/mol. The lowest BCUT2D eigenvalue weighted by Gasteiger charge is -2.32. The second-order valence-corrected chi connectivity index (χ2v) is 7.36. The molecular formula is C15H23BFNO3. The van der Waals surface area contributed by atoms with E-state index in [4.69, 9.17) is 14.0 Å². The predicted octanol–water partition coefficient (Wildman–Crippen LogP) is 2.70. The Morgan fingerprint density at radius 3 is 2.10 bits per heavy atom. The van der Waals surface area contributed by atoms with Crippen LogP contribution in [0.4, 0.5) is 4.39 Å². The molecule has 0 bridgehead atoms. The van der Waals surface area contributed by atoms with Crippen LogP contribution in [0.25, 0.3) is 0 Å². The number of halogens is 1. The Morgan fingerprint density at radius 1 is 1.10 bits per heavy atom. The Labute approximate surface area is 126 Å². The fraction of sp³-hybridized carbons (Fsp3) is 0.667. The number of hydrogen-bond donors (Lipinski definition) is 0. The van der Waals surface area contributed by atoms with Crippen LogP contribution in [0.1, 0.15) is 48.5 Å². The summed E-state index contributed by atoms with van der Waals surface area (Å²) in [7, 11) is -0.630. The van der Waals surface area contributed by atoms with E-state index in [1.807, 2.05) is 48.5 Å². The average Bonchev–Trinajstić information content (AvgIpc) is 2.44. The topological polar surface area (TPSA) is 40.6 Å². The molecule has 1 saturated heterocycles. The summed E-state index contributed by atoms with van der Waals surface area (Å²) in [6.07, 6.45) is 0. The van der Waals surface area contributed by atoms with Gasteiger partial charge in [0.2, 0.25) is 11.8 Å². The number of hydrogen-bond acceptors (Lipinski definition) is 4. The van der Waals surface area contributed by atoms with E-state index in [1.165, 1.54) is 6.07 Å². The van der Waals surface area contributed by atoms with Gasteiger partial charge in [0.05, 0.1) is 11.2 Å². The van der Waals surface area contributed by atoms with Crippen LogP contribution >= 0.6 is 0 Å². The maximum absolute atomic E-state index is 13.7. The van der Waals surface area contributed by atoms with Crippen LogP contribution in [-0.2, 0) is 9.31 Å². The molecule has 0 N–H and O–H groups in total. The van der Waals surface area contributed by atoms with Crippen molar-refractivity contribution in [3.8, 4) is 5.88 Å². The van der Waals surface area contributed by atoms with Crippen molar-refractivity contribution in [2.75, 3.05) is 0 Å². The normalized spacial score (nSPS) is 20.7. The van der Waals surface area contributed by atoms with Crippen LogP contribution < -0.4 is 10.2 Å². The lowest BCUT2D eigenvalue weighted by molar-refractivity contribution is 0.00578. The molecule has 0 unspecified atom stereocenters. The SMILES string of the molecule is CC(C)(C)Oc1cc(B2OC(C)(C)C(C)(C)O2)cc(F)n1. The fourth-order valence-electron chi connectivity index (χ4n) is 1.97. The first-order chi connectivity index (χ1) is 9.40. The Bertz CT molecular complexity index is 524. The zero-order chi connectivity index (χ0) is 16.1. The second kappa shape index (κ2) is 4.95. The maximum atomic E-state index is 13.7. The van der Waals surface area contributed by atoms with Gasteiger partial charge in [-0.3, -0.25) is 0 Å². The van der Waals surface area contributed by atoms with Crippen molar-refractivity contribution in [1.82, 2.24) is 4.98 Å². The van der Waals surface area contributed by atoms with Crippen molar-refractivity contribution in [1.29, 1.82) is 0 Å². The third-order valence-corrected chi connectivity index (χ3v) is 3.73. The van der Waals surface area contributed by atoms with E-state index < -0.39 is 29.9 Å². The van der Waals surface area contributed by atoms with Crippen LogP contribution in [-0.4, -0.2) is 28.9 Å². The highest BCUT2D eigenvalue weighted by Crippen LogP contribution is 2.36. The second-order valence-electron chi connectivity index (χ2n) is 7.36. The van der Waals surface area contributed by atoms with E-state index in [9.17, 15) is 4.39 Å². The van der Waals surface area contributed by atoms with Gasteiger partial charge in [0.1, 0.15) is 5.60 Å². The van der Waals surface area contributed by atoms with E-state index in [0.29, 0.717) is 5.46 Å². The minimum absolute atomic E-state index is 0.229. The number of pyridine rings is 1. The standard InChI is InChI=1S/C15H23BFNO3/c1-13(2,3)19-12-9-10(8-11(17)18-12)16-20-14(4,5)15(6,7)21-16/h8-9H,1-7H3. The van der Waals surface area contributed by atoms with E-state index in [2.05, 4.69) is 4.98 Å². The monoisotopic (exact) mass is 295 g/mol. The molecule has 0 radical (unpaired) electrons. The summed E-state index contributed by atoms with van der Waals surface area (Å²) in [5.74, 6) is -0.381. The fourth-order valence-corrected chi connectivity index (χ4v) is 1.97. The minimum Gasteiger partial charge on any atom is -0.472 e. The van der Waals surface area contributed by atoms with Gasteiger partial charge < -0.3 is 14.0 Å². The Hall–Kier alpha value is -1.14. The quantitative estimate of drug-likeness (QED) is 0.621. The van der Waals surface area contributed by atoms with Gasteiger partial charge in [-0.25, -0.2) is 0 Å². The average molecular weight is 295 g/mol. The van der Waals surface area contributed by atoms with E-state index >= 15 is 0 Å². The number of nitrogens with zero attached hydrogens (tertiary/aromatic N) is 1. The third-order valence-electron chi connectivity index (χ3n) is 3.73. The first-order valence-corrected chi connectivity index (χ1v) is 7.12. The van der Waals surface area contributed by atoms with Gasteiger partial charge in [-0.2, -0.15) is 9.37 Å². The summed E-state index contributed by atoms with van der Waals surface area (Å²) < 4.78 is 31.2. The van der Waals surface area contributed by atoms with E-state index in [0.717, 1.165) is 0 Å². The number of rotatable bonds is 2. The zero-order valence-electron chi connectivity index (χ0n) is 13.8. The Balaban J connectivity index is 2.30. The summed E-state index contributed by atoms with van der Waals surface area (Å²) in [5, 5.41) is 0. The van der Waals surface area contributed by atoms with Crippen LogP contribution in [0.15, 0.2) is 12.1 Å².